The minimum Gasteiger partial charge on any atom is -0.487 e. The van der Waals surface area contributed by atoms with Gasteiger partial charge in [-0.2, -0.15) is 5.26 Å². The van der Waals surface area contributed by atoms with Gasteiger partial charge in [-0.3, -0.25) is 0 Å². The summed E-state index contributed by atoms with van der Waals surface area (Å²) in [5.74, 6) is -1.77. The first-order valence-corrected chi connectivity index (χ1v) is 10.4. The average molecular weight is 462 g/mol. The van der Waals surface area contributed by atoms with Crippen LogP contribution in [0.3, 0.4) is 0 Å². The molecule has 0 amide bonds. The molecule has 1 fully saturated rings. The van der Waals surface area contributed by atoms with Crippen LogP contribution in [-0.2, 0) is 4.74 Å². The van der Waals surface area contributed by atoms with E-state index in [1.54, 1.807) is 12.1 Å². The summed E-state index contributed by atoms with van der Waals surface area (Å²) in [4.78, 5) is 20.0. The van der Waals surface area contributed by atoms with Crippen LogP contribution in [0.25, 0.3) is 0 Å². The highest BCUT2D eigenvalue weighted by Crippen LogP contribution is 2.38. The molecule has 2 heterocycles. The summed E-state index contributed by atoms with van der Waals surface area (Å²) in [5, 5.41) is 26.7. The number of pyridine rings is 2. The number of hydrogen-bond acceptors (Lipinski definition) is 10. The highest BCUT2D eigenvalue weighted by atomic mass is 19.3. The van der Waals surface area contributed by atoms with E-state index in [4.69, 9.17) is 19.8 Å². The summed E-state index contributed by atoms with van der Waals surface area (Å²) in [6.07, 6.45) is 1.40. The molecule has 0 spiro atoms. The molecule has 3 N–H and O–H groups in total. The Labute approximate surface area is 188 Å². The van der Waals surface area contributed by atoms with Crippen LogP contribution in [0.15, 0.2) is 29.6 Å². The number of nitrogens with zero attached hydrogens (tertiary/aromatic N) is 4. The fraction of sp³-hybridized carbons (Fsp3) is 0.476. The van der Waals surface area contributed by atoms with Gasteiger partial charge in [0.25, 0.3) is 0 Å². The third kappa shape index (κ3) is 7.03. The predicted molar refractivity (Wildman–Crippen MR) is 116 cm³/mol. The molecule has 3 rings (SSSR count). The lowest BCUT2D eigenvalue weighted by molar-refractivity contribution is -0.0361. The first-order valence-electron chi connectivity index (χ1n) is 10.4. The number of aliphatic hydroxyl groups excluding tert-OH is 1. The Hall–Kier alpha value is -3.43. The molecule has 2 aromatic rings. The van der Waals surface area contributed by atoms with E-state index in [-0.39, 0.29) is 81.2 Å². The minimum atomic E-state index is -2.67. The van der Waals surface area contributed by atoms with Gasteiger partial charge in [-0.05, 0) is 30.2 Å². The molecule has 0 saturated heterocycles. The fourth-order valence-electron chi connectivity index (χ4n) is 3.27. The van der Waals surface area contributed by atoms with E-state index in [1.165, 1.54) is 12.3 Å². The van der Waals surface area contributed by atoms with E-state index in [0.717, 1.165) is 0 Å². The topological polar surface area (TPSA) is 142 Å². The zero-order valence-electron chi connectivity index (χ0n) is 17.8. The molecule has 1 aliphatic rings. The van der Waals surface area contributed by atoms with E-state index in [9.17, 15) is 13.7 Å². The third-order valence-corrected chi connectivity index (χ3v) is 4.98. The van der Waals surface area contributed by atoms with E-state index in [1.807, 2.05) is 6.07 Å². The molecule has 0 unspecified atom stereocenters. The number of alkyl halides is 2. The van der Waals surface area contributed by atoms with Gasteiger partial charge in [0.1, 0.15) is 18.5 Å². The molecule has 0 aliphatic heterocycles. The van der Waals surface area contributed by atoms with Crippen molar-refractivity contribution in [2.45, 2.75) is 37.6 Å². The second kappa shape index (κ2) is 11.4. The van der Waals surface area contributed by atoms with Crippen molar-refractivity contribution < 1.29 is 23.4 Å². The Morgan fingerprint density at radius 3 is 2.67 bits per heavy atom. The molecule has 2 aromatic heterocycles. The number of hydrogen-bond donors (Lipinski definition) is 3. The number of nitrogens with one attached hydrogen (secondary N) is 2. The van der Waals surface area contributed by atoms with Crippen molar-refractivity contribution in [1.29, 1.82) is 5.26 Å². The predicted octanol–water partition coefficient (Wildman–Crippen LogP) is 3.87. The van der Waals surface area contributed by atoms with Crippen LogP contribution in [0.1, 0.15) is 31.2 Å². The summed E-state index contributed by atoms with van der Waals surface area (Å²) in [6, 6.07) is 6.20. The second-order valence-corrected chi connectivity index (χ2v) is 7.42. The lowest BCUT2D eigenvalue weighted by atomic mass is 9.92. The molecule has 12 heteroatoms. The summed E-state index contributed by atoms with van der Waals surface area (Å²) >= 11 is 0. The van der Waals surface area contributed by atoms with E-state index < -0.39 is 5.92 Å². The maximum absolute atomic E-state index is 13.5. The Morgan fingerprint density at radius 2 is 2.03 bits per heavy atom. The van der Waals surface area contributed by atoms with Crippen molar-refractivity contribution in [2.24, 2.45) is 5.18 Å². The highest BCUT2D eigenvalue weighted by Gasteiger charge is 2.35. The van der Waals surface area contributed by atoms with Crippen LogP contribution >= 0.6 is 0 Å². The van der Waals surface area contributed by atoms with E-state index in [2.05, 4.69) is 25.8 Å². The van der Waals surface area contributed by atoms with Crippen LogP contribution in [0.4, 0.5) is 31.9 Å². The Kier molecular flexibility index (Phi) is 8.39. The quantitative estimate of drug-likeness (QED) is 0.335. The summed E-state index contributed by atoms with van der Waals surface area (Å²) in [5.41, 5.74) is 0.319. The maximum atomic E-state index is 13.5. The molecular weight excluding hydrogens is 438 g/mol. The van der Waals surface area contributed by atoms with Crippen molar-refractivity contribution >= 4 is 23.1 Å². The van der Waals surface area contributed by atoms with Gasteiger partial charge in [-0.1, -0.05) is 0 Å². The van der Waals surface area contributed by atoms with Crippen molar-refractivity contribution in [2.75, 3.05) is 37.1 Å². The van der Waals surface area contributed by atoms with Crippen LogP contribution in [-0.4, -0.2) is 53.5 Å². The minimum absolute atomic E-state index is 0.0480. The van der Waals surface area contributed by atoms with Crippen LogP contribution < -0.4 is 15.4 Å². The summed E-state index contributed by atoms with van der Waals surface area (Å²) < 4.78 is 37.9. The number of rotatable bonds is 11. The lowest BCUT2D eigenvalue weighted by Crippen LogP contribution is -2.32. The number of ether oxygens (including phenoxy) is 2. The molecule has 1 aliphatic carbocycles. The summed E-state index contributed by atoms with van der Waals surface area (Å²) in [7, 11) is 0. The number of anilines is 3. The second-order valence-electron chi connectivity index (χ2n) is 7.42. The molecule has 1 saturated carbocycles. The zero-order chi connectivity index (χ0) is 23.7. The molecule has 0 radical (unpaired) electrons. The van der Waals surface area contributed by atoms with Crippen LogP contribution in [0.5, 0.6) is 5.75 Å². The van der Waals surface area contributed by atoms with E-state index in [0.29, 0.717) is 11.4 Å². The van der Waals surface area contributed by atoms with Gasteiger partial charge >= 0.3 is 0 Å². The van der Waals surface area contributed by atoms with Gasteiger partial charge in [-0.15, -0.1) is 4.91 Å². The average Bonchev–Trinajstić information content (AvgIpc) is 2.82. The first-order chi connectivity index (χ1) is 15.9. The smallest absolute Gasteiger partial charge is 0.248 e. The molecule has 0 aromatic carbocycles. The third-order valence-electron chi connectivity index (χ3n) is 4.98. The van der Waals surface area contributed by atoms with E-state index >= 15 is 0 Å². The molecule has 33 heavy (non-hydrogen) atoms. The van der Waals surface area contributed by atoms with Crippen molar-refractivity contribution in [3.8, 4) is 11.8 Å². The number of halogens is 2. The number of nitriles is 1. The molecule has 176 valence electrons. The van der Waals surface area contributed by atoms with Gasteiger partial charge < -0.3 is 25.2 Å². The van der Waals surface area contributed by atoms with Crippen molar-refractivity contribution in [3.05, 3.63) is 34.9 Å². The molecule has 0 atom stereocenters. The molecule has 10 nitrogen and oxygen atoms in total. The Balaban J connectivity index is 1.82. The number of aromatic nitrogens is 2. The van der Waals surface area contributed by atoms with Gasteiger partial charge in [0.05, 0.1) is 25.4 Å². The Morgan fingerprint density at radius 1 is 1.24 bits per heavy atom. The number of aliphatic hydroxyl groups is 1. The lowest BCUT2D eigenvalue weighted by Gasteiger charge is -2.29. The first kappa shape index (κ1) is 24.2. The SMILES string of the molecule is N#Cc1ccc(Nc2nc(NC3CCC(F)(F)CC3)c(OCCOCCO)cc2N=O)nc1. The standard InChI is InChI=1S/C21H24F2N6O4/c22-21(23)5-3-15(4-6-21)26-20-17(33-10-9-32-8-7-30)11-16(29-31)19(28-20)27-18-2-1-14(12-24)13-25-18/h1-2,11,13,15,30H,3-10H2,(H2,25,26,27,28). The van der Waals surface area contributed by atoms with Crippen LogP contribution in [0, 0.1) is 16.2 Å². The highest BCUT2D eigenvalue weighted by molar-refractivity contribution is 5.73. The van der Waals surface area contributed by atoms with Crippen molar-refractivity contribution in [1.82, 2.24) is 9.97 Å². The number of nitroso groups, excluding NO2 is 1. The van der Waals surface area contributed by atoms with Crippen LogP contribution in [0.2, 0.25) is 0 Å². The Bertz CT molecular complexity index is 974. The summed E-state index contributed by atoms with van der Waals surface area (Å²) in [6.45, 7) is 0.338. The molecular formula is C21H24F2N6O4. The monoisotopic (exact) mass is 462 g/mol. The zero-order valence-corrected chi connectivity index (χ0v) is 17.8. The fourth-order valence-corrected chi connectivity index (χ4v) is 3.27. The largest absolute Gasteiger partial charge is 0.487 e. The van der Waals surface area contributed by atoms with Gasteiger partial charge in [-0.25, -0.2) is 18.7 Å². The normalized spacial score (nSPS) is 15.5. The maximum Gasteiger partial charge on any atom is 0.248 e. The molecule has 0 bridgehead atoms. The van der Waals surface area contributed by atoms with Crippen molar-refractivity contribution in [3.63, 3.8) is 0 Å². The van der Waals surface area contributed by atoms with Gasteiger partial charge in [0.2, 0.25) is 5.92 Å². The van der Waals surface area contributed by atoms with Gasteiger partial charge in [0.15, 0.2) is 23.1 Å². The van der Waals surface area contributed by atoms with Gasteiger partial charge in [0, 0.05) is 31.1 Å².